The SMILES string of the molecule is C=CCN(C(=O)CCC(C)N)C(C)(C)C. The molecule has 0 aromatic rings. The van der Waals surface area contributed by atoms with Gasteiger partial charge in [-0.05, 0) is 34.1 Å². The minimum atomic E-state index is -0.150. The summed E-state index contributed by atoms with van der Waals surface area (Å²) >= 11 is 0. The molecule has 0 bridgehead atoms. The van der Waals surface area contributed by atoms with E-state index >= 15 is 0 Å². The van der Waals surface area contributed by atoms with Gasteiger partial charge in [0.05, 0.1) is 0 Å². The highest BCUT2D eigenvalue weighted by molar-refractivity contribution is 5.77. The van der Waals surface area contributed by atoms with Gasteiger partial charge in [0, 0.05) is 24.5 Å². The molecule has 0 saturated carbocycles. The van der Waals surface area contributed by atoms with E-state index in [0.29, 0.717) is 13.0 Å². The molecule has 3 nitrogen and oxygen atoms in total. The van der Waals surface area contributed by atoms with Crippen molar-refractivity contribution in [1.29, 1.82) is 0 Å². The Bertz CT molecular complexity index is 216. The molecule has 0 heterocycles. The Morgan fingerprint density at radius 2 is 2.07 bits per heavy atom. The van der Waals surface area contributed by atoms with E-state index in [9.17, 15) is 4.79 Å². The monoisotopic (exact) mass is 212 g/mol. The molecule has 0 fully saturated rings. The number of hydrogen-bond donors (Lipinski definition) is 1. The Morgan fingerprint density at radius 1 is 1.53 bits per heavy atom. The van der Waals surface area contributed by atoms with Crippen molar-refractivity contribution in [3.05, 3.63) is 12.7 Å². The van der Waals surface area contributed by atoms with E-state index in [1.54, 1.807) is 6.08 Å². The van der Waals surface area contributed by atoms with Crippen LogP contribution in [0.15, 0.2) is 12.7 Å². The zero-order chi connectivity index (χ0) is 12.1. The van der Waals surface area contributed by atoms with Crippen molar-refractivity contribution in [2.45, 2.75) is 52.1 Å². The summed E-state index contributed by atoms with van der Waals surface area (Å²) in [7, 11) is 0. The molecule has 88 valence electrons. The predicted octanol–water partition coefficient (Wildman–Crippen LogP) is 1.93. The van der Waals surface area contributed by atoms with Crippen LogP contribution in [0.5, 0.6) is 0 Å². The molecule has 0 aliphatic heterocycles. The first-order chi connectivity index (χ1) is 6.79. The third kappa shape index (κ3) is 5.57. The van der Waals surface area contributed by atoms with E-state index in [-0.39, 0.29) is 17.5 Å². The molecular formula is C12H24N2O. The van der Waals surface area contributed by atoms with Crippen LogP contribution in [0.2, 0.25) is 0 Å². The summed E-state index contributed by atoms with van der Waals surface area (Å²) in [4.78, 5) is 13.7. The Kier molecular flexibility index (Phi) is 5.58. The van der Waals surface area contributed by atoms with E-state index in [1.807, 2.05) is 32.6 Å². The van der Waals surface area contributed by atoms with Crippen LogP contribution in [-0.4, -0.2) is 28.9 Å². The average Bonchev–Trinajstić information content (AvgIpc) is 2.08. The molecule has 15 heavy (non-hydrogen) atoms. The summed E-state index contributed by atoms with van der Waals surface area (Å²) in [6, 6.07) is 0.0829. The molecule has 2 N–H and O–H groups in total. The highest BCUT2D eigenvalue weighted by Gasteiger charge is 2.24. The standard InChI is InChI=1S/C12H24N2O/c1-6-9-14(12(3,4)5)11(15)8-7-10(2)13/h6,10H,1,7-9,13H2,2-5H3. The fourth-order valence-electron chi connectivity index (χ4n) is 1.36. The third-order valence-corrected chi connectivity index (χ3v) is 2.24. The number of hydrogen-bond acceptors (Lipinski definition) is 2. The van der Waals surface area contributed by atoms with Crippen LogP contribution in [0, 0.1) is 0 Å². The maximum absolute atomic E-state index is 11.9. The van der Waals surface area contributed by atoms with Gasteiger partial charge >= 0.3 is 0 Å². The minimum Gasteiger partial charge on any atom is -0.334 e. The zero-order valence-corrected chi connectivity index (χ0v) is 10.4. The summed E-state index contributed by atoms with van der Waals surface area (Å²) in [6.07, 6.45) is 3.01. The largest absolute Gasteiger partial charge is 0.334 e. The van der Waals surface area contributed by atoms with Crippen LogP contribution in [0.4, 0.5) is 0 Å². The second kappa shape index (κ2) is 5.91. The van der Waals surface area contributed by atoms with Crippen LogP contribution >= 0.6 is 0 Å². The van der Waals surface area contributed by atoms with Crippen LogP contribution in [0.25, 0.3) is 0 Å². The summed E-state index contributed by atoms with van der Waals surface area (Å²) in [6.45, 7) is 12.3. The predicted molar refractivity (Wildman–Crippen MR) is 64.5 cm³/mol. The van der Waals surface area contributed by atoms with E-state index in [2.05, 4.69) is 6.58 Å². The van der Waals surface area contributed by atoms with Gasteiger partial charge in [0.1, 0.15) is 0 Å². The van der Waals surface area contributed by atoms with Gasteiger partial charge in [0.15, 0.2) is 0 Å². The highest BCUT2D eigenvalue weighted by Crippen LogP contribution is 2.15. The fraction of sp³-hybridized carbons (Fsp3) is 0.750. The molecule has 0 radical (unpaired) electrons. The number of nitrogens with two attached hydrogens (primary N) is 1. The number of amides is 1. The van der Waals surface area contributed by atoms with E-state index in [0.717, 1.165) is 6.42 Å². The average molecular weight is 212 g/mol. The van der Waals surface area contributed by atoms with Crippen molar-refractivity contribution in [2.24, 2.45) is 5.73 Å². The van der Waals surface area contributed by atoms with Gasteiger partial charge in [-0.3, -0.25) is 4.79 Å². The molecule has 0 aliphatic carbocycles. The van der Waals surface area contributed by atoms with Gasteiger partial charge in [0.25, 0.3) is 0 Å². The maximum Gasteiger partial charge on any atom is 0.223 e. The van der Waals surface area contributed by atoms with Gasteiger partial charge in [-0.15, -0.1) is 6.58 Å². The Labute approximate surface area is 93.3 Å². The normalized spacial score (nSPS) is 13.4. The zero-order valence-electron chi connectivity index (χ0n) is 10.4. The molecule has 0 saturated heterocycles. The number of rotatable bonds is 5. The van der Waals surface area contributed by atoms with Gasteiger partial charge in [-0.25, -0.2) is 0 Å². The second-order valence-electron chi connectivity index (χ2n) is 4.98. The molecule has 0 aliphatic rings. The molecule has 3 heteroatoms. The number of carbonyl (C=O) groups is 1. The lowest BCUT2D eigenvalue weighted by Crippen LogP contribution is -2.45. The second-order valence-corrected chi connectivity index (χ2v) is 4.98. The molecular weight excluding hydrogens is 188 g/mol. The van der Waals surface area contributed by atoms with Crippen molar-refractivity contribution in [3.63, 3.8) is 0 Å². The summed E-state index contributed by atoms with van der Waals surface area (Å²) in [5, 5.41) is 0. The maximum atomic E-state index is 11.9. The van der Waals surface area contributed by atoms with Crippen molar-refractivity contribution in [1.82, 2.24) is 4.90 Å². The molecule has 0 aromatic heterocycles. The van der Waals surface area contributed by atoms with E-state index in [4.69, 9.17) is 5.73 Å². The highest BCUT2D eigenvalue weighted by atomic mass is 16.2. The summed E-state index contributed by atoms with van der Waals surface area (Å²) in [5.74, 6) is 0.153. The van der Waals surface area contributed by atoms with Gasteiger partial charge < -0.3 is 10.6 Å². The van der Waals surface area contributed by atoms with Crippen molar-refractivity contribution in [2.75, 3.05) is 6.54 Å². The number of carbonyl (C=O) groups excluding carboxylic acids is 1. The van der Waals surface area contributed by atoms with Crippen LogP contribution in [0.1, 0.15) is 40.5 Å². The lowest BCUT2D eigenvalue weighted by atomic mass is 10.0. The first-order valence-corrected chi connectivity index (χ1v) is 5.46. The third-order valence-electron chi connectivity index (χ3n) is 2.24. The lowest BCUT2D eigenvalue weighted by molar-refractivity contribution is -0.135. The Balaban J connectivity index is 4.36. The van der Waals surface area contributed by atoms with Gasteiger partial charge in [0.2, 0.25) is 5.91 Å². The molecule has 0 spiro atoms. The first-order valence-electron chi connectivity index (χ1n) is 5.46. The summed E-state index contributed by atoms with van der Waals surface area (Å²) in [5.41, 5.74) is 5.48. The summed E-state index contributed by atoms with van der Waals surface area (Å²) < 4.78 is 0. The quantitative estimate of drug-likeness (QED) is 0.708. The molecule has 1 atom stereocenters. The molecule has 0 aromatic carbocycles. The first kappa shape index (κ1) is 14.2. The van der Waals surface area contributed by atoms with Crippen molar-refractivity contribution in [3.8, 4) is 0 Å². The smallest absolute Gasteiger partial charge is 0.223 e. The van der Waals surface area contributed by atoms with Gasteiger partial charge in [-0.2, -0.15) is 0 Å². The Hall–Kier alpha value is -0.830. The van der Waals surface area contributed by atoms with Crippen LogP contribution < -0.4 is 5.73 Å². The van der Waals surface area contributed by atoms with E-state index < -0.39 is 0 Å². The van der Waals surface area contributed by atoms with Crippen molar-refractivity contribution < 1.29 is 4.79 Å². The van der Waals surface area contributed by atoms with Crippen LogP contribution in [-0.2, 0) is 4.79 Å². The van der Waals surface area contributed by atoms with Crippen molar-refractivity contribution >= 4 is 5.91 Å². The topological polar surface area (TPSA) is 46.3 Å². The molecule has 1 amide bonds. The molecule has 1 unspecified atom stereocenters. The molecule has 0 rings (SSSR count). The lowest BCUT2D eigenvalue weighted by Gasteiger charge is -2.35. The fourth-order valence-corrected chi connectivity index (χ4v) is 1.36. The number of nitrogens with zero attached hydrogens (tertiary/aromatic N) is 1. The van der Waals surface area contributed by atoms with E-state index in [1.165, 1.54) is 0 Å². The Morgan fingerprint density at radius 3 is 2.40 bits per heavy atom. The van der Waals surface area contributed by atoms with Gasteiger partial charge in [-0.1, -0.05) is 6.08 Å². The minimum absolute atomic E-state index is 0.0829. The van der Waals surface area contributed by atoms with Crippen LogP contribution in [0.3, 0.4) is 0 Å².